The van der Waals surface area contributed by atoms with Crippen LogP contribution in [0.1, 0.15) is 45.1 Å². The van der Waals surface area contributed by atoms with Crippen LogP contribution in [0.5, 0.6) is 0 Å². The molecule has 0 unspecified atom stereocenters. The molecule has 0 amide bonds. The third-order valence-corrected chi connectivity index (χ3v) is 3.53. The zero-order chi connectivity index (χ0) is 14.0. The van der Waals surface area contributed by atoms with E-state index in [1.54, 1.807) is 6.92 Å². The van der Waals surface area contributed by atoms with Crippen molar-refractivity contribution in [3.63, 3.8) is 0 Å². The lowest BCUT2D eigenvalue weighted by Gasteiger charge is -2.11. The van der Waals surface area contributed by atoms with Crippen LogP contribution in [0, 0.1) is 20.8 Å². The second kappa shape index (κ2) is 5.40. The van der Waals surface area contributed by atoms with Gasteiger partial charge < -0.3 is 0 Å². The zero-order valence-corrected chi connectivity index (χ0v) is 12.1. The molecule has 0 saturated carbocycles. The number of carbonyl (C=O) groups excluding carboxylic acids is 1. The fourth-order valence-corrected chi connectivity index (χ4v) is 2.41. The van der Waals surface area contributed by atoms with Crippen LogP contribution in [0.25, 0.3) is 0 Å². The van der Waals surface area contributed by atoms with Crippen LogP contribution in [-0.2, 0) is 6.42 Å². The van der Waals surface area contributed by atoms with Gasteiger partial charge in [0.2, 0.25) is 0 Å². The van der Waals surface area contributed by atoms with Gasteiger partial charge in [-0.2, -0.15) is 0 Å². The Labute approximate surface area is 115 Å². The normalized spacial score (nSPS) is 10.5. The van der Waals surface area contributed by atoms with Crippen molar-refractivity contribution >= 4 is 5.78 Å². The van der Waals surface area contributed by atoms with E-state index in [9.17, 15) is 4.79 Å². The summed E-state index contributed by atoms with van der Waals surface area (Å²) in [5, 5.41) is 0. The van der Waals surface area contributed by atoms with Crippen molar-refractivity contribution in [3.8, 4) is 0 Å². The molecule has 2 rings (SSSR count). The minimum atomic E-state index is 0.139. The summed E-state index contributed by atoms with van der Waals surface area (Å²) in [6, 6.07) is 12.6. The summed E-state index contributed by atoms with van der Waals surface area (Å²) in [5.74, 6) is 0.139. The molecular weight excluding hydrogens is 232 g/mol. The van der Waals surface area contributed by atoms with E-state index in [1.807, 2.05) is 12.1 Å². The minimum absolute atomic E-state index is 0.139. The van der Waals surface area contributed by atoms with Crippen molar-refractivity contribution in [2.24, 2.45) is 0 Å². The fraction of sp³-hybridized carbons (Fsp3) is 0.278. The number of benzene rings is 2. The van der Waals surface area contributed by atoms with Crippen LogP contribution < -0.4 is 0 Å². The van der Waals surface area contributed by atoms with Gasteiger partial charge in [-0.15, -0.1) is 0 Å². The molecule has 0 aromatic heterocycles. The molecule has 0 spiro atoms. The monoisotopic (exact) mass is 252 g/mol. The van der Waals surface area contributed by atoms with Crippen molar-refractivity contribution in [2.75, 3.05) is 0 Å². The quantitative estimate of drug-likeness (QED) is 0.740. The molecule has 0 N–H and O–H groups in total. The third-order valence-electron chi connectivity index (χ3n) is 3.53. The Kier molecular flexibility index (Phi) is 3.84. The first-order chi connectivity index (χ1) is 8.97. The summed E-state index contributed by atoms with van der Waals surface area (Å²) in [4.78, 5) is 11.7. The Hall–Kier alpha value is -1.89. The Morgan fingerprint density at radius 1 is 0.895 bits per heavy atom. The van der Waals surface area contributed by atoms with Gasteiger partial charge in [-0.1, -0.05) is 47.5 Å². The van der Waals surface area contributed by atoms with E-state index in [1.165, 1.54) is 22.3 Å². The molecule has 0 radical (unpaired) electrons. The second-order valence-electron chi connectivity index (χ2n) is 5.32. The van der Waals surface area contributed by atoms with Gasteiger partial charge in [0, 0.05) is 5.56 Å². The van der Waals surface area contributed by atoms with Crippen LogP contribution in [0.4, 0.5) is 0 Å². The summed E-state index contributed by atoms with van der Waals surface area (Å²) in [6.07, 6.45) is 0.824. The number of Topliss-reactive ketones (excluding diaryl/α,β-unsaturated/α-hetero) is 1. The lowest BCUT2D eigenvalue weighted by molar-refractivity contribution is 0.101. The maximum absolute atomic E-state index is 11.7. The van der Waals surface area contributed by atoms with Gasteiger partial charge in [0.1, 0.15) is 0 Å². The van der Waals surface area contributed by atoms with E-state index in [0.717, 1.165) is 17.5 Å². The Morgan fingerprint density at radius 3 is 2.11 bits per heavy atom. The molecule has 0 heterocycles. The highest BCUT2D eigenvalue weighted by atomic mass is 16.1. The topological polar surface area (TPSA) is 17.1 Å². The number of ketones is 1. The summed E-state index contributed by atoms with van der Waals surface area (Å²) in [5.41, 5.74) is 7.00. The van der Waals surface area contributed by atoms with Crippen LogP contribution in [0.3, 0.4) is 0 Å². The molecule has 0 bridgehead atoms. The minimum Gasteiger partial charge on any atom is -0.295 e. The first-order valence-electron chi connectivity index (χ1n) is 6.64. The zero-order valence-electron chi connectivity index (χ0n) is 12.1. The molecule has 2 aromatic carbocycles. The summed E-state index contributed by atoms with van der Waals surface area (Å²) >= 11 is 0. The number of hydrogen-bond acceptors (Lipinski definition) is 1. The summed E-state index contributed by atoms with van der Waals surface area (Å²) in [6.45, 7) is 7.93. The molecule has 0 saturated heterocycles. The molecule has 0 aliphatic carbocycles. The molecule has 0 fully saturated rings. The fourth-order valence-electron chi connectivity index (χ4n) is 2.41. The van der Waals surface area contributed by atoms with E-state index in [0.29, 0.717) is 0 Å². The van der Waals surface area contributed by atoms with Gasteiger partial charge in [-0.05, 0) is 50.8 Å². The molecule has 0 atom stereocenters. The van der Waals surface area contributed by atoms with Crippen LogP contribution in [-0.4, -0.2) is 5.78 Å². The van der Waals surface area contributed by atoms with Crippen molar-refractivity contribution in [1.82, 2.24) is 0 Å². The smallest absolute Gasteiger partial charge is 0.160 e. The average molecular weight is 252 g/mol. The molecule has 2 aromatic rings. The predicted octanol–water partition coefficient (Wildman–Crippen LogP) is 4.41. The largest absolute Gasteiger partial charge is 0.295 e. The first kappa shape index (κ1) is 13.5. The molecule has 0 aliphatic heterocycles. The first-order valence-corrected chi connectivity index (χ1v) is 6.64. The van der Waals surface area contributed by atoms with Gasteiger partial charge in [0.25, 0.3) is 0 Å². The molecule has 0 aliphatic rings. The highest BCUT2D eigenvalue weighted by molar-refractivity contribution is 5.95. The van der Waals surface area contributed by atoms with Crippen LogP contribution in [0.15, 0.2) is 36.4 Å². The Morgan fingerprint density at radius 2 is 1.47 bits per heavy atom. The molecule has 98 valence electrons. The Bertz CT molecular complexity index is 624. The van der Waals surface area contributed by atoms with E-state index >= 15 is 0 Å². The van der Waals surface area contributed by atoms with Crippen LogP contribution >= 0.6 is 0 Å². The van der Waals surface area contributed by atoms with Gasteiger partial charge in [-0.25, -0.2) is 0 Å². The highest BCUT2D eigenvalue weighted by Gasteiger charge is 2.09. The SMILES string of the molecule is CC(=O)c1ccc(C)cc1Cc1cc(C)ccc1C. The molecule has 19 heavy (non-hydrogen) atoms. The molecule has 1 nitrogen and oxygen atoms in total. The number of hydrogen-bond donors (Lipinski definition) is 0. The third kappa shape index (κ3) is 3.11. The molecular formula is C18H20O. The standard InChI is InChI=1S/C18H20O/c1-12-5-7-14(3)16(9-12)11-17-10-13(2)6-8-18(17)15(4)19/h5-10H,11H2,1-4H3. The highest BCUT2D eigenvalue weighted by Crippen LogP contribution is 2.20. The Balaban J connectivity index is 2.45. The van der Waals surface area contributed by atoms with Crippen molar-refractivity contribution in [3.05, 3.63) is 69.8 Å². The van der Waals surface area contributed by atoms with E-state index in [4.69, 9.17) is 0 Å². The summed E-state index contributed by atoms with van der Waals surface area (Å²) in [7, 11) is 0. The maximum Gasteiger partial charge on any atom is 0.160 e. The molecule has 1 heteroatoms. The lowest BCUT2D eigenvalue weighted by Crippen LogP contribution is -2.02. The van der Waals surface area contributed by atoms with Crippen molar-refractivity contribution in [2.45, 2.75) is 34.1 Å². The summed E-state index contributed by atoms with van der Waals surface area (Å²) < 4.78 is 0. The maximum atomic E-state index is 11.7. The van der Waals surface area contributed by atoms with Crippen LogP contribution in [0.2, 0.25) is 0 Å². The van der Waals surface area contributed by atoms with Gasteiger partial charge in [0.05, 0.1) is 0 Å². The van der Waals surface area contributed by atoms with Crippen molar-refractivity contribution in [1.29, 1.82) is 0 Å². The second-order valence-corrected chi connectivity index (χ2v) is 5.32. The predicted molar refractivity (Wildman–Crippen MR) is 79.9 cm³/mol. The van der Waals surface area contributed by atoms with E-state index < -0.39 is 0 Å². The lowest BCUT2D eigenvalue weighted by atomic mass is 9.93. The van der Waals surface area contributed by atoms with Gasteiger partial charge >= 0.3 is 0 Å². The van der Waals surface area contributed by atoms with Gasteiger partial charge in [-0.3, -0.25) is 4.79 Å². The number of rotatable bonds is 3. The van der Waals surface area contributed by atoms with E-state index in [-0.39, 0.29) is 5.78 Å². The van der Waals surface area contributed by atoms with E-state index in [2.05, 4.69) is 45.0 Å². The number of aryl methyl sites for hydroxylation is 3. The average Bonchev–Trinajstić information content (AvgIpc) is 2.33. The van der Waals surface area contributed by atoms with Crippen molar-refractivity contribution < 1.29 is 4.79 Å². The van der Waals surface area contributed by atoms with Gasteiger partial charge in [0.15, 0.2) is 5.78 Å². The number of carbonyl (C=O) groups is 1.